The molecule has 1 aromatic carbocycles. The molecule has 23 heavy (non-hydrogen) atoms. The minimum atomic E-state index is -0.649. The maximum absolute atomic E-state index is 12.6. The van der Waals surface area contributed by atoms with Crippen molar-refractivity contribution >= 4 is 34.1 Å². The summed E-state index contributed by atoms with van der Waals surface area (Å²) in [6.45, 7) is 5.32. The van der Waals surface area contributed by atoms with Gasteiger partial charge in [-0.2, -0.15) is 5.06 Å². The van der Waals surface area contributed by atoms with Crippen molar-refractivity contribution in [3.05, 3.63) is 38.2 Å². The predicted molar refractivity (Wildman–Crippen MR) is 96.9 cm³/mol. The fraction of sp³-hybridized carbons (Fsp3) is 0.471. The lowest BCUT2D eigenvalue weighted by Crippen LogP contribution is -2.52. The van der Waals surface area contributed by atoms with Crippen LogP contribution in [0.2, 0.25) is 0 Å². The van der Waals surface area contributed by atoms with Gasteiger partial charge in [0.1, 0.15) is 11.3 Å². The first-order chi connectivity index (χ1) is 10.9. The second-order valence-electron chi connectivity index (χ2n) is 6.29. The van der Waals surface area contributed by atoms with Crippen LogP contribution in [0, 0.1) is 17.4 Å². The summed E-state index contributed by atoms with van der Waals surface area (Å²) in [5.41, 5.74) is 2.66. The molecule has 0 bridgehead atoms. The van der Waals surface area contributed by atoms with Gasteiger partial charge in [-0.1, -0.05) is 0 Å². The fourth-order valence-electron chi connectivity index (χ4n) is 3.64. The first kappa shape index (κ1) is 16.7. The maximum Gasteiger partial charge on any atom is 0.256 e. The van der Waals surface area contributed by atoms with Gasteiger partial charge >= 0.3 is 0 Å². The Bertz CT molecular complexity index is 668. The topological polar surface area (TPSA) is 61.8 Å². The van der Waals surface area contributed by atoms with Gasteiger partial charge in [0.05, 0.1) is 12.7 Å². The van der Waals surface area contributed by atoms with Crippen LogP contribution in [0.25, 0.3) is 5.57 Å². The van der Waals surface area contributed by atoms with E-state index in [-0.39, 0.29) is 11.7 Å². The van der Waals surface area contributed by atoms with Gasteiger partial charge in [0.15, 0.2) is 0 Å². The molecule has 6 heteroatoms. The van der Waals surface area contributed by atoms with Crippen LogP contribution >= 0.6 is 22.6 Å². The first-order valence-corrected chi connectivity index (χ1v) is 8.78. The lowest BCUT2D eigenvalue weighted by Gasteiger charge is -2.37. The Kier molecular flexibility index (Phi) is 4.41. The van der Waals surface area contributed by atoms with E-state index in [0.29, 0.717) is 31.5 Å². The van der Waals surface area contributed by atoms with Gasteiger partial charge in [-0.15, -0.1) is 0 Å². The third kappa shape index (κ3) is 2.77. The molecule has 3 rings (SSSR count). The molecule has 0 saturated carbocycles. The molecule has 1 saturated heterocycles. The average molecular weight is 428 g/mol. The minimum Gasteiger partial charge on any atom is -0.509 e. The van der Waals surface area contributed by atoms with E-state index in [1.165, 1.54) is 0 Å². The molecule has 0 unspecified atom stereocenters. The highest BCUT2D eigenvalue weighted by Crippen LogP contribution is 2.40. The Balaban J connectivity index is 2.04. The number of hydrogen-bond acceptors (Lipinski definition) is 4. The predicted octanol–water partition coefficient (Wildman–Crippen LogP) is 2.70. The molecule has 1 fully saturated rings. The summed E-state index contributed by atoms with van der Waals surface area (Å²) in [5.74, 6) is 0.00596. The van der Waals surface area contributed by atoms with E-state index in [4.69, 9.17) is 4.84 Å². The molecule has 0 aromatic heterocycles. The van der Waals surface area contributed by atoms with Crippen LogP contribution in [0.15, 0.2) is 17.9 Å². The Hall–Kier alpha value is -1.12. The van der Waals surface area contributed by atoms with E-state index < -0.39 is 5.54 Å². The molecular formula is C17H21IN2O3. The molecule has 0 atom stereocenters. The lowest BCUT2D eigenvalue weighted by atomic mass is 9.85. The number of hydrogen-bond donors (Lipinski definition) is 2. The van der Waals surface area contributed by atoms with Crippen molar-refractivity contribution in [3.8, 4) is 0 Å². The van der Waals surface area contributed by atoms with Crippen LogP contribution in [0.1, 0.15) is 29.5 Å². The van der Waals surface area contributed by atoms with Crippen LogP contribution < -0.4 is 5.32 Å². The summed E-state index contributed by atoms with van der Waals surface area (Å²) in [5, 5.41) is 15.8. The van der Waals surface area contributed by atoms with E-state index >= 15 is 0 Å². The molecule has 1 aromatic rings. The van der Waals surface area contributed by atoms with E-state index in [9.17, 15) is 9.90 Å². The molecule has 0 aliphatic carbocycles. The zero-order chi connectivity index (χ0) is 16.8. The molecule has 2 N–H and O–H groups in total. The number of aliphatic hydroxyl groups excluding tert-OH is 1. The van der Waals surface area contributed by atoms with E-state index in [0.717, 1.165) is 20.3 Å². The number of nitrogens with zero attached hydrogens (tertiary/aromatic N) is 1. The van der Waals surface area contributed by atoms with Gasteiger partial charge in [0.25, 0.3) is 5.91 Å². The van der Waals surface area contributed by atoms with Crippen molar-refractivity contribution < 1.29 is 14.7 Å². The van der Waals surface area contributed by atoms with Crippen molar-refractivity contribution in [2.45, 2.75) is 32.2 Å². The minimum absolute atomic E-state index is 0.180. The number of aryl methyl sites for hydroxylation is 2. The van der Waals surface area contributed by atoms with E-state index in [1.807, 2.05) is 31.0 Å². The number of carbonyl (C=O) groups is 1. The monoisotopic (exact) mass is 428 g/mol. The molecule has 1 spiro atoms. The Morgan fingerprint density at radius 1 is 1.26 bits per heavy atom. The number of hydroxylamine groups is 2. The second kappa shape index (κ2) is 6.07. The lowest BCUT2D eigenvalue weighted by molar-refractivity contribution is -0.152. The normalized spacial score (nSPS) is 21.1. The summed E-state index contributed by atoms with van der Waals surface area (Å²) < 4.78 is 1.13. The highest BCUT2D eigenvalue weighted by molar-refractivity contribution is 14.1. The Morgan fingerprint density at radius 3 is 2.35 bits per heavy atom. The summed E-state index contributed by atoms with van der Waals surface area (Å²) in [7, 11) is 1.64. The van der Waals surface area contributed by atoms with Crippen LogP contribution in [0.5, 0.6) is 0 Å². The van der Waals surface area contributed by atoms with Crippen molar-refractivity contribution in [2.24, 2.45) is 0 Å². The molecule has 2 aliphatic rings. The molecule has 5 nitrogen and oxygen atoms in total. The quantitative estimate of drug-likeness (QED) is 0.712. The number of aliphatic hydroxyl groups is 1. The Morgan fingerprint density at radius 2 is 1.83 bits per heavy atom. The molecule has 124 valence electrons. The molecule has 2 heterocycles. The zero-order valence-electron chi connectivity index (χ0n) is 13.6. The van der Waals surface area contributed by atoms with Crippen LogP contribution in [-0.4, -0.2) is 41.8 Å². The van der Waals surface area contributed by atoms with Gasteiger partial charge in [-0.05, 0) is 78.1 Å². The number of nitrogens with one attached hydrogen (secondary N) is 1. The smallest absolute Gasteiger partial charge is 0.256 e. The standard InChI is InChI=1S/C17H21IN2O3/c1-10-8-12(18)9-11(2)13(10)14-15(21)17(19-16(14)22)4-6-20(23-3)7-5-17/h8-9,21H,4-7H2,1-3H3,(H,19,22). The number of benzene rings is 1. The summed E-state index contributed by atoms with van der Waals surface area (Å²) in [4.78, 5) is 17.9. The largest absolute Gasteiger partial charge is 0.509 e. The molecule has 0 radical (unpaired) electrons. The van der Waals surface area contributed by atoms with E-state index in [1.54, 1.807) is 7.11 Å². The third-order valence-electron chi connectivity index (χ3n) is 4.85. The summed E-state index contributed by atoms with van der Waals surface area (Å²) >= 11 is 2.27. The number of carbonyl (C=O) groups excluding carboxylic acids is 1. The Labute approximate surface area is 149 Å². The molecule has 2 aliphatic heterocycles. The number of halogens is 1. The number of piperidine rings is 1. The van der Waals surface area contributed by atoms with Crippen molar-refractivity contribution in [1.82, 2.24) is 10.4 Å². The molecular weight excluding hydrogens is 407 g/mol. The first-order valence-electron chi connectivity index (χ1n) is 7.70. The fourth-order valence-corrected chi connectivity index (χ4v) is 4.57. The number of rotatable bonds is 2. The summed E-state index contributed by atoms with van der Waals surface area (Å²) in [6, 6.07) is 4.07. The SMILES string of the molecule is CON1CCC2(CC1)NC(=O)C(c1c(C)cc(I)cc1C)=C2O. The second-order valence-corrected chi connectivity index (χ2v) is 7.53. The van der Waals surface area contributed by atoms with Crippen LogP contribution in [0.3, 0.4) is 0 Å². The third-order valence-corrected chi connectivity index (χ3v) is 5.47. The van der Waals surface area contributed by atoms with Gasteiger partial charge < -0.3 is 15.3 Å². The zero-order valence-corrected chi connectivity index (χ0v) is 15.7. The average Bonchev–Trinajstić information content (AvgIpc) is 2.72. The van der Waals surface area contributed by atoms with Gasteiger partial charge in [-0.3, -0.25) is 4.79 Å². The van der Waals surface area contributed by atoms with E-state index in [2.05, 4.69) is 27.9 Å². The van der Waals surface area contributed by atoms with Crippen molar-refractivity contribution in [2.75, 3.05) is 20.2 Å². The van der Waals surface area contributed by atoms with Gasteiger partial charge in [0.2, 0.25) is 0 Å². The maximum atomic E-state index is 12.6. The van der Waals surface area contributed by atoms with Crippen molar-refractivity contribution in [3.63, 3.8) is 0 Å². The van der Waals surface area contributed by atoms with Crippen LogP contribution in [-0.2, 0) is 9.63 Å². The summed E-state index contributed by atoms with van der Waals surface area (Å²) in [6.07, 6.45) is 1.29. The molecule has 1 amide bonds. The van der Waals surface area contributed by atoms with Gasteiger partial charge in [-0.25, -0.2) is 0 Å². The highest BCUT2D eigenvalue weighted by atomic mass is 127. The number of amides is 1. The van der Waals surface area contributed by atoms with Crippen LogP contribution in [0.4, 0.5) is 0 Å². The van der Waals surface area contributed by atoms with Crippen molar-refractivity contribution in [1.29, 1.82) is 0 Å². The highest BCUT2D eigenvalue weighted by Gasteiger charge is 2.48. The van der Waals surface area contributed by atoms with Gasteiger partial charge in [0, 0.05) is 16.7 Å².